The Balaban J connectivity index is 1.37. The largest absolute Gasteiger partial charge is 0.444 e. The van der Waals surface area contributed by atoms with Gasteiger partial charge in [0, 0.05) is 30.2 Å². The second-order valence-corrected chi connectivity index (χ2v) is 8.70. The maximum absolute atomic E-state index is 13.0. The van der Waals surface area contributed by atoms with Crippen LogP contribution in [0.3, 0.4) is 0 Å². The second-order valence-electron chi connectivity index (χ2n) is 8.70. The van der Waals surface area contributed by atoms with E-state index in [0.29, 0.717) is 12.2 Å². The van der Waals surface area contributed by atoms with E-state index in [4.69, 9.17) is 10.5 Å². The van der Waals surface area contributed by atoms with Gasteiger partial charge in [0.15, 0.2) is 0 Å². The Kier molecular flexibility index (Phi) is 6.87. The van der Waals surface area contributed by atoms with E-state index in [1.807, 2.05) is 54.6 Å². The molecular weight excluding hydrogens is 390 g/mol. The smallest absolute Gasteiger partial charge is 0.411 e. The van der Waals surface area contributed by atoms with Crippen LogP contribution in [0.25, 0.3) is 0 Å². The van der Waals surface area contributed by atoms with Gasteiger partial charge in [-0.2, -0.15) is 0 Å². The van der Waals surface area contributed by atoms with Gasteiger partial charge in [0.1, 0.15) is 6.61 Å². The Labute approximate surface area is 183 Å². The van der Waals surface area contributed by atoms with Gasteiger partial charge >= 0.3 is 6.09 Å². The molecule has 2 saturated carbocycles. The van der Waals surface area contributed by atoms with Crippen molar-refractivity contribution in [3.63, 3.8) is 0 Å². The molecular formula is C25H31N3O3. The molecule has 6 heteroatoms. The number of anilines is 1. The van der Waals surface area contributed by atoms with Gasteiger partial charge in [-0.15, -0.1) is 0 Å². The molecule has 0 aromatic heterocycles. The van der Waals surface area contributed by atoms with E-state index in [0.717, 1.165) is 49.7 Å². The van der Waals surface area contributed by atoms with Crippen LogP contribution in [-0.4, -0.2) is 29.0 Å². The first-order valence-electron chi connectivity index (χ1n) is 11.2. The minimum Gasteiger partial charge on any atom is -0.444 e. The molecule has 3 N–H and O–H groups in total. The summed E-state index contributed by atoms with van der Waals surface area (Å²) in [6, 6.07) is 17.7. The Morgan fingerprint density at radius 1 is 0.935 bits per heavy atom. The number of ether oxygens (including phenoxy) is 1. The van der Waals surface area contributed by atoms with Crippen LogP contribution in [-0.2, 0) is 22.7 Å². The molecule has 0 atom stereocenters. The predicted molar refractivity (Wildman–Crippen MR) is 120 cm³/mol. The van der Waals surface area contributed by atoms with E-state index in [1.54, 1.807) is 0 Å². The molecule has 0 spiro atoms. The van der Waals surface area contributed by atoms with Crippen LogP contribution in [0.15, 0.2) is 54.6 Å². The number of carbonyl (C=O) groups excluding carboxylic acids is 2. The molecule has 2 amide bonds. The zero-order chi connectivity index (χ0) is 21.6. The zero-order valence-corrected chi connectivity index (χ0v) is 17.8. The first-order chi connectivity index (χ1) is 15.1. The minimum atomic E-state index is -0.492. The molecule has 164 valence electrons. The highest BCUT2D eigenvalue weighted by Gasteiger charge is 2.37. The summed E-state index contributed by atoms with van der Waals surface area (Å²) in [7, 11) is 0. The molecule has 0 unspecified atom stereocenters. The number of benzene rings is 2. The number of nitrogens with two attached hydrogens (primary N) is 1. The summed E-state index contributed by atoms with van der Waals surface area (Å²) in [4.78, 5) is 27.2. The number of hydrogen-bond donors (Lipinski definition) is 2. The van der Waals surface area contributed by atoms with Crippen molar-refractivity contribution in [3.05, 3.63) is 65.7 Å². The average Bonchev–Trinajstić information content (AvgIpc) is 3.63. The average molecular weight is 422 g/mol. The van der Waals surface area contributed by atoms with Gasteiger partial charge in [-0.3, -0.25) is 10.1 Å². The molecule has 2 aromatic rings. The van der Waals surface area contributed by atoms with Crippen molar-refractivity contribution in [1.29, 1.82) is 0 Å². The number of nitrogens with zero attached hydrogens (tertiary/aromatic N) is 1. The third kappa shape index (κ3) is 6.07. The summed E-state index contributed by atoms with van der Waals surface area (Å²) in [5.74, 6) is 0.450. The first-order valence-corrected chi connectivity index (χ1v) is 11.2. The highest BCUT2D eigenvalue weighted by molar-refractivity contribution is 5.85. The van der Waals surface area contributed by atoms with Gasteiger partial charge in [-0.1, -0.05) is 42.5 Å². The van der Waals surface area contributed by atoms with E-state index in [2.05, 4.69) is 10.2 Å². The van der Waals surface area contributed by atoms with E-state index < -0.39 is 6.09 Å². The Hall–Kier alpha value is -2.86. The molecule has 0 saturated heterocycles. The van der Waals surface area contributed by atoms with Gasteiger partial charge in [0.05, 0.1) is 0 Å². The molecule has 2 aromatic carbocycles. The van der Waals surface area contributed by atoms with Crippen molar-refractivity contribution in [2.75, 3.05) is 5.32 Å². The molecule has 4 rings (SSSR count). The number of amides is 2. The van der Waals surface area contributed by atoms with E-state index in [1.165, 1.54) is 0 Å². The highest BCUT2D eigenvalue weighted by atomic mass is 16.5. The van der Waals surface area contributed by atoms with E-state index in [9.17, 15) is 9.59 Å². The van der Waals surface area contributed by atoms with Crippen molar-refractivity contribution in [2.24, 2.45) is 11.7 Å². The number of carbonyl (C=O) groups is 2. The van der Waals surface area contributed by atoms with E-state index in [-0.39, 0.29) is 30.5 Å². The summed E-state index contributed by atoms with van der Waals surface area (Å²) in [5, 5.41) is 2.79. The van der Waals surface area contributed by atoms with Crippen molar-refractivity contribution < 1.29 is 14.3 Å². The molecule has 0 heterocycles. The zero-order valence-electron chi connectivity index (χ0n) is 17.8. The highest BCUT2D eigenvalue weighted by Crippen LogP contribution is 2.34. The molecule has 2 aliphatic rings. The number of hydrogen-bond acceptors (Lipinski definition) is 4. The Morgan fingerprint density at radius 2 is 1.65 bits per heavy atom. The van der Waals surface area contributed by atoms with Crippen molar-refractivity contribution in [3.8, 4) is 0 Å². The molecule has 0 bridgehead atoms. The minimum absolute atomic E-state index is 0.185. The third-order valence-corrected chi connectivity index (χ3v) is 6.13. The fraction of sp³-hybridized carbons (Fsp3) is 0.440. The predicted octanol–water partition coefficient (Wildman–Crippen LogP) is 4.44. The van der Waals surface area contributed by atoms with E-state index >= 15 is 0 Å². The van der Waals surface area contributed by atoms with Crippen LogP contribution in [0.4, 0.5) is 10.5 Å². The Bertz CT molecular complexity index is 890. The third-order valence-electron chi connectivity index (χ3n) is 6.13. The van der Waals surface area contributed by atoms with Gasteiger partial charge in [0.25, 0.3) is 0 Å². The van der Waals surface area contributed by atoms with Crippen LogP contribution in [0.5, 0.6) is 0 Å². The Morgan fingerprint density at radius 3 is 2.35 bits per heavy atom. The summed E-state index contributed by atoms with van der Waals surface area (Å²) < 4.78 is 5.31. The van der Waals surface area contributed by atoms with Crippen molar-refractivity contribution >= 4 is 17.7 Å². The lowest BCUT2D eigenvalue weighted by atomic mass is 9.90. The summed E-state index contributed by atoms with van der Waals surface area (Å²) >= 11 is 0. The first kappa shape index (κ1) is 21.4. The van der Waals surface area contributed by atoms with Crippen LogP contribution in [0, 0.1) is 5.92 Å². The molecule has 2 aliphatic carbocycles. The lowest BCUT2D eigenvalue weighted by molar-refractivity contribution is -0.136. The van der Waals surface area contributed by atoms with Crippen LogP contribution >= 0.6 is 0 Å². The maximum Gasteiger partial charge on any atom is 0.411 e. The van der Waals surface area contributed by atoms with Crippen molar-refractivity contribution in [2.45, 2.75) is 63.8 Å². The van der Waals surface area contributed by atoms with Gasteiger partial charge < -0.3 is 15.4 Å². The van der Waals surface area contributed by atoms with Crippen LogP contribution < -0.4 is 11.1 Å². The maximum atomic E-state index is 13.0. The molecule has 31 heavy (non-hydrogen) atoms. The number of nitrogens with one attached hydrogen (secondary N) is 1. The lowest BCUT2D eigenvalue weighted by Crippen LogP contribution is -2.44. The van der Waals surface area contributed by atoms with Gasteiger partial charge in [0.2, 0.25) is 5.91 Å². The lowest BCUT2D eigenvalue weighted by Gasteiger charge is -2.36. The van der Waals surface area contributed by atoms with Crippen LogP contribution in [0.1, 0.15) is 49.7 Å². The molecule has 6 nitrogen and oxygen atoms in total. The quantitative estimate of drug-likeness (QED) is 0.692. The van der Waals surface area contributed by atoms with Crippen molar-refractivity contribution in [1.82, 2.24) is 4.90 Å². The second kappa shape index (κ2) is 9.96. The fourth-order valence-corrected chi connectivity index (χ4v) is 4.19. The number of rotatable bonds is 7. The van der Waals surface area contributed by atoms with Crippen LogP contribution in [0.2, 0.25) is 0 Å². The molecule has 2 fully saturated rings. The standard InChI is InChI=1S/C25H31N3O3/c26-21-11-13-23(14-12-21)28(24(29)20-9-10-20)16-19-7-4-8-22(15-19)27-25(30)31-17-18-5-2-1-3-6-18/h1-8,15,20-21,23H,9-14,16-17,26H2,(H,27,30). The normalized spacial score (nSPS) is 20.7. The summed E-state index contributed by atoms with van der Waals surface area (Å²) in [6.45, 7) is 0.781. The van der Waals surface area contributed by atoms with Gasteiger partial charge in [-0.05, 0) is 61.8 Å². The summed E-state index contributed by atoms with van der Waals surface area (Å²) in [5.41, 5.74) is 8.68. The molecule has 0 radical (unpaired) electrons. The van der Waals surface area contributed by atoms with Gasteiger partial charge in [-0.25, -0.2) is 4.79 Å². The monoisotopic (exact) mass is 421 g/mol. The SMILES string of the molecule is NC1CCC(N(Cc2cccc(NC(=O)OCc3ccccc3)c2)C(=O)C2CC2)CC1. The topological polar surface area (TPSA) is 84.7 Å². The fourth-order valence-electron chi connectivity index (χ4n) is 4.19. The summed E-state index contributed by atoms with van der Waals surface area (Å²) in [6.07, 6.45) is 5.36. The molecule has 0 aliphatic heterocycles.